The van der Waals surface area contributed by atoms with Crippen molar-refractivity contribution >= 4 is 0 Å². The molecule has 2 unspecified atom stereocenters. The molecule has 1 N–H and O–H groups in total. The van der Waals surface area contributed by atoms with Gasteiger partial charge in [0, 0.05) is 19.1 Å². The summed E-state index contributed by atoms with van der Waals surface area (Å²) >= 11 is 0. The van der Waals surface area contributed by atoms with Crippen molar-refractivity contribution in [3.63, 3.8) is 0 Å². The predicted molar refractivity (Wildman–Crippen MR) is 87.0 cm³/mol. The molecular weight excluding hydrogens is 244 g/mol. The van der Waals surface area contributed by atoms with E-state index in [0.29, 0.717) is 6.04 Å². The number of piperazine rings is 1. The zero-order valence-corrected chi connectivity index (χ0v) is 13.4. The first-order chi connectivity index (χ1) is 9.70. The van der Waals surface area contributed by atoms with Gasteiger partial charge in [0.1, 0.15) is 0 Å². The Balaban J connectivity index is 2.16. The molecule has 0 amide bonds. The Bertz CT molecular complexity index is 390. The minimum atomic E-state index is 0.140. The Labute approximate surface area is 124 Å². The molecule has 0 aliphatic carbocycles. The highest BCUT2D eigenvalue weighted by atomic mass is 15.3. The summed E-state index contributed by atoms with van der Waals surface area (Å²) in [6.45, 7) is 10.4. The lowest BCUT2D eigenvalue weighted by Crippen LogP contribution is -2.61. The van der Waals surface area contributed by atoms with Crippen molar-refractivity contribution in [3.05, 3.63) is 35.9 Å². The fraction of sp³-hybridized carbons (Fsp3) is 0.667. The monoisotopic (exact) mass is 274 g/mol. The van der Waals surface area contributed by atoms with Gasteiger partial charge < -0.3 is 5.32 Å². The second-order valence-corrected chi connectivity index (χ2v) is 6.31. The summed E-state index contributed by atoms with van der Waals surface area (Å²) in [5.74, 6) is 0. The number of nitrogens with zero attached hydrogens (tertiary/aromatic N) is 1. The molecular formula is C18H30N2. The van der Waals surface area contributed by atoms with Crippen molar-refractivity contribution in [2.24, 2.45) is 0 Å². The Morgan fingerprint density at radius 2 is 1.95 bits per heavy atom. The Kier molecular flexibility index (Phi) is 5.62. The van der Waals surface area contributed by atoms with Gasteiger partial charge in [0.25, 0.3) is 0 Å². The first-order valence-electron chi connectivity index (χ1n) is 8.24. The highest BCUT2D eigenvalue weighted by Crippen LogP contribution is 2.31. The zero-order chi connectivity index (χ0) is 14.4. The zero-order valence-electron chi connectivity index (χ0n) is 13.4. The SMILES string of the molecule is CCCCN1CC(CCC)NCC1(C)c1ccccc1. The summed E-state index contributed by atoms with van der Waals surface area (Å²) in [6, 6.07) is 11.7. The van der Waals surface area contributed by atoms with Crippen molar-refractivity contribution in [2.45, 2.75) is 58.0 Å². The maximum Gasteiger partial charge on any atom is 0.0558 e. The van der Waals surface area contributed by atoms with E-state index in [1.54, 1.807) is 0 Å². The number of nitrogens with one attached hydrogen (secondary N) is 1. The molecule has 2 rings (SSSR count). The molecule has 2 nitrogen and oxygen atoms in total. The lowest BCUT2D eigenvalue weighted by Gasteiger charge is -2.48. The molecule has 1 aromatic carbocycles. The number of unbranched alkanes of at least 4 members (excludes halogenated alkanes) is 1. The van der Waals surface area contributed by atoms with Crippen LogP contribution >= 0.6 is 0 Å². The summed E-state index contributed by atoms with van der Waals surface area (Å²) in [7, 11) is 0. The van der Waals surface area contributed by atoms with Crippen LogP contribution < -0.4 is 5.32 Å². The van der Waals surface area contributed by atoms with E-state index in [4.69, 9.17) is 0 Å². The summed E-state index contributed by atoms with van der Waals surface area (Å²) in [5, 5.41) is 3.77. The lowest BCUT2D eigenvalue weighted by molar-refractivity contribution is 0.0463. The van der Waals surface area contributed by atoms with E-state index in [1.807, 2.05) is 0 Å². The van der Waals surface area contributed by atoms with Crippen LogP contribution in [0.4, 0.5) is 0 Å². The van der Waals surface area contributed by atoms with Crippen LogP contribution in [0, 0.1) is 0 Å². The third-order valence-electron chi connectivity index (χ3n) is 4.69. The topological polar surface area (TPSA) is 15.3 Å². The standard InChI is InChI=1S/C18H30N2/c1-4-6-13-20-14-17(10-5-2)19-15-18(20,3)16-11-8-7-9-12-16/h7-9,11-12,17,19H,4-6,10,13-15H2,1-3H3. The maximum atomic E-state index is 3.77. The minimum absolute atomic E-state index is 0.140. The van der Waals surface area contributed by atoms with Gasteiger partial charge in [-0.1, -0.05) is 57.0 Å². The number of hydrogen-bond donors (Lipinski definition) is 1. The van der Waals surface area contributed by atoms with E-state index in [-0.39, 0.29) is 5.54 Å². The molecule has 0 saturated carbocycles. The highest BCUT2D eigenvalue weighted by Gasteiger charge is 2.38. The molecule has 1 fully saturated rings. The molecule has 0 bridgehead atoms. The summed E-state index contributed by atoms with van der Waals surface area (Å²) in [4.78, 5) is 2.71. The normalized spacial score (nSPS) is 27.6. The van der Waals surface area contributed by atoms with Crippen molar-refractivity contribution in [1.29, 1.82) is 0 Å². The molecule has 2 heteroatoms. The van der Waals surface area contributed by atoms with E-state index >= 15 is 0 Å². The molecule has 1 aliphatic rings. The van der Waals surface area contributed by atoms with Crippen molar-refractivity contribution in [1.82, 2.24) is 10.2 Å². The van der Waals surface area contributed by atoms with E-state index in [1.165, 1.54) is 44.3 Å². The van der Waals surface area contributed by atoms with Gasteiger partial charge in [0.05, 0.1) is 5.54 Å². The average molecular weight is 274 g/mol. The van der Waals surface area contributed by atoms with Crippen molar-refractivity contribution in [2.75, 3.05) is 19.6 Å². The summed E-state index contributed by atoms with van der Waals surface area (Å²) in [6.07, 6.45) is 5.11. The Morgan fingerprint density at radius 3 is 2.60 bits per heavy atom. The predicted octanol–water partition coefficient (Wildman–Crippen LogP) is 3.78. The lowest BCUT2D eigenvalue weighted by atomic mass is 9.86. The van der Waals surface area contributed by atoms with Gasteiger partial charge in [-0.25, -0.2) is 0 Å². The van der Waals surface area contributed by atoms with Gasteiger partial charge in [0.2, 0.25) is 0 Å². The summed E-state index contributed by atoms with van der Waals surface area (Å²) in [5.41, 5.74) is 1.58. The maximum absolute atomic E-state index is 3.77. The second kappa shape index (κ2) is 7.24. The summed E-state index contributed by atoms with van der Waals surface area (Å²) < 4.78 is 0. The molecule has 0 aromatic heterocycles. The van der Waals surface area contributed by atoms with Gasteiger partial charge in [-0.2, -0.15) is 0 Å². The second-order valence-electron chi connectivity index (χ2n) is 6.31. The molecule has 20 heavy (non-hydrogen) atoms. The smallest absolute Gasteiger partial charge is 0.0558 e. The molecule has 0 radical (unpaired) electrons. The Morgan fingerprint density at radius 1 is 1.20 bits per heavy atom. The van der Waals surface area contributed by atoms with Crippen molar-refractivity contribution in [3.8, 4) is 0 Å². The van der Waals surface area contributed by atoms with Crippen LogP contribution in [-0.2, 0) is 5.54 Å². The third kappa shape index (κ3) is 3.42. The van der Waals surface area contributed by atoms with Gasteiger partial charge in [-0.05, 0) is 31.9 Å². The van der Waals surface area contributed by atoms with Gasteiger partial charge in [0.15, 0.2) is 0 Å². The number of hydrogen-bond acceptors (Lipinski definition) is 2. The fourth-order valence-corrected chi connectivity index (χ4v) is 3.30. The molecule has 2 atom stereocenters. The number of benzene rings is 1. The quantitative estimate of drug-likeness (QED) is 0.849. The van der Waals surface area contributed by atoms with Crippen LogP contribution in [0.2, 0.25) is 0 Å². The van der Waals surface area contributed by atoms with Gasteiger partial charge in [-0.3, -0.25) is 4.90 Å². The van der Waals surface area contributed by atoms with Gasteiger partial charge in [-0.15, -0.1) is 0 Å². The van der Waals surface area contributed by atoms with Crippen molar-refractivity contribution < 1.29 is 0 Å². The van der Waals surface area contributed by atoms with Crippen LogP contribution in [0.1, 0.15) is 52.0 Å². The van der Waals surface area contributed by atoms with Gasteiger partial charge >= 0.3 is 0 Å². The number of rotatable bonds is 6. The molecule has 1 saturated heterocycles. The van der Waals surface area contributed by atoms with E-state index in [2.05, 4.69) is 61.3 Å². The first kappa shape index (κ1) is 15.5. The van der Waals surface area contributed by atoms with Crippen LogP contribution in [0.15, 0.2) is 30.3 Å². The minimum Gasteiger partial charge on any atom is -0.311 e. The Hall–Kier alpha value is -0.860. The molecule has 1 aromatic rings. The largest absolute Gasteiger partial charge is 0.311 e. The van der Waals surface area contributed by atoms with Crippen LogP contribution in [-0.4, -0.2) is 30.6 Å². The fourth-order valence-electron chi connectivity index (χ4n) is 3.30. The van der Waals surface area contributed by atoms with Crippen LogP contribution in [0.25, 0.3) is 0 Å². The van der Waals surface area contributed by atoms with E-state index < -0.39 is 0 Å². The van der Waals surface area contributed by atoms with E-state index in [9.17, 15) is 0 Å². The highest BCUT2D eigenvalue weighted by molar-refractivity contribution is 5.25. The molecule has 112 valence electrons. The molecule has 0 spiro atoms. The first-order valence-corrected chi connectivity index (χ1v) is 8.24. The van der Waals surface area contributed by atoms with Crippen LogP contribution in [0.5, 0.6) is 0 Å². The molecule has 1 aliphatic heterocycles. The average Bonchev–Trinajstić information content (AvgIpc) is 2.49. The van der Waals surface area contributed by atoms with E-state index in [0.717, 1.165) is 6.54 Å². The third-order valence-corrected chi connectivity index (χ3v) is 4.69. The molecule has 1 heterocycles. The van der Waals surface area contributed by atoms with Crippen LogP contribution in [0.3, 0.4) is 0 Å².